The quantitative estimate of drug-likeness (QED) is 0.774. The van der Waals surface area contributed by atoms with Gasteiger partial charge in [-0.3, -0.25) is 4.79 Å². The second kappa shape index (κ2) is 6.51. The Balaban J connectivity index is 2.08. The van der Waals surface area contributed by atoms with Gasteiger partial charge in [0.15, 0.2) is 5.72 Å². The van der Waals surface area contributed by atoms with E-state index in [0.717, 1.165) is 5.56 Å². The highest BCUT2D eigenvalue weighted by Gasteiger charge is 2.53. The number of rotatable bonds is 2. The van der Waals surface area contributed by atoms with Gasteiger partial charge < -0.3 is 5.11 Å². The van der Waals surface area contributed by atoms with E-state index in [2.05, 4.69) is 21.0 Å². The van der Waals surface area contributed by atoms with Crippen molar-refractivity contribution in [3.8, 4) is 0 Å². The molecule has 0 unspecified atom stereocenters. The SMILES string of the molecule is Cc1cccc(C(=O)N2N=C(C(F)(F)F)C[C@@]2(O)c2ccc(Br)cc2)c1. The molecule has 1 aliphatic rings. The predicted octanol–water partition coefficient (Wildman–Crippen LogP) is 4.37. The van der Waals surface area contributed by atoms with E-state index >= 15 is 0 Å². The van der Waals surface area contributed by atoms with Gasteiger partial charge in [0.1, 0.15) is 5.71 Å². The number of carbonyl (C=O) groups is 1. The van der Waals surface area contributed by atoms with E-state index in [4.69, 9.17) is 0 Å². The van der Waals surface area contributed by atoms with Crippen molar-refractivity contribution in [1.82, 2.24) is 5.01 Å². The smallest absolute Gasteiger partial charge is 0.365 e. The molecule has 1 atom stereocenters. The molecule has 8 heteroatoms. The molecule has 1 N–H and O–H groups in total. The molecule has 136 valence electrons. The van der Waals surface area contributed by atoms with Crippen LogP contribution in [-0.2, 0) is 5.72 Å². The molecule has 2 aromatic carbocycles. The van der Waals surface area contributed by atoms with Crippen LogP contribution in [0.2, 0.25) is 0 Å². The van der Waals surface area contributed by atoms with Crippen molar-refractivity contribution in [2.75, 3.05) is 0 Å². The van der Waals surface area contributed by atoms with E-state index in [1.807, 2.05) is 0 Å². The Morgan fingerprint density at radius 2 is 1.88 bits per heavy atom. The number of nitrogens with zero attached hydrogens (tertiary/aromatic N) is 2. The van der Waals surface area contributed by atoms with E-state index in [9.17, 15) is 23.1 Å². The van der Waals surface area contributed by atoms with Gasteiger partial charge >= 0.3 is 6.18 Å². The maximum absolute atomic E-state index is 13.2. The summed E-state index contributed by atoms with van der Waals surface area (Å²) in [6.07, 6.45) is -5.58. The fraction of sp³-hybridized carbons (Fsp3) is 0.222. The summed E-state index contributed by atoms with van der Waals surface area (Å²) in [6, 6.07) is 12.4. The first-order valence-corrected chi connectivity index (χ1v) is 8.45. The highest BCUT2D eigenvalue weighted by molar-refractivity contribution is 9.10. The van der Waals surface area contributed by atoms with Crippen LogP contribution < -0.4 is 0 Å². The molecule has 1 aliphatic heterocycles. The Kier molecular flexibility index (Phi) is 4.66. The number of hydrazone groups is 1. The number of hydrogen-bond donors (Lipinski definition) is 1. The molecular formula is C18H14BrF3N2O2. The fourth-order valence-corrected chi connectivity index (χ4v) is 3.02. The van der Waals surface area contributed by atoms with Crippen LogP contribution in [0.1, 0.15) is 27.9 Å². The Morgan fingerprint density at radius 3 is 2.46 bits per heavy atom. The molecule has 4 nitrogen and oxygen atoms in total. The van der Waals surface area contributed by atoms with E-state index in [1.54, 1.807) is 31.2 Å². The van der Waals surface area contributed by atoms with Crippen molar-refractivity contribution in [2.24, 2.45) is 5.10 Å². The third-order valence-electron chi connectivity index (χ3n) is 4.08. The van der Waals surface area contributed by atoms with Crippen molar-refractivity contribution in [1.29, 1.82) is 0 Å². The monoisotopic (exact) mass is 426 g/mol. The molecule has 0 fully saturated rings. The molecule has 2 aromatic rings. The fourth-order valence-electron chi connectivity index (χ4n) is 2.76. The molecule has 26 heavy (non-hydrogen) atoms. The normalized spacial score (nSPS) is 20.2. The first-order valence-electron chi connectivity index (χ1n) is 7.65. The molecule has 0 spiro atoms. The minimum atomic E-state index is -4.75. The van der Waals surface area contributed by atoms with Crippen LogP contribution in [0, 0.1) is 6.92 Å². The number of benzene rings is 2. The summed E-state index contributed by atoms with van der Waals surface area (Å²) in [5, 5.41) is 15.0. The summed E-state index contributed by atoms with van der Waals surface area (Å²) in [5.74, 6) is -0.807. The summed E-state index contributed by atoms with van der Waals surface area (Å²) in [7, 11) is 0. The molecule has 0 radical (unpaired) electrons. The molecular weight excluding hydrogens is 413 g/mol. The van der Waals surface area contributed by atoms with Crippen LogP contribution in [0.5, 0.6) is 0 Å². The number of alkyl halides is 3. The number of aryl methyl sites for hydroxylation is 1. The zero-order valence-corrected chi connectivity index (χ0v) is 15.2. The lowest BCUT2D eigenvalue weighted by atomic mass is 9.96. The third kappa shape index (κ3) is 3.39. The lowest BCUT2D eigenvalue weighted by molar-refractivity contribution is -0.0816. The topological polar surface area (TPSA) is 52.9 Å². The second-order valence-corrected chi connectivity index (χ2v) is 6.95. The number of amides is 1. The van der Waals surface area contributed by atoms with E-state index in [0.29, 0.717) is 9.48 Å². The Labute approximate surface area is 156 Å². The lowest BCUT2D eigenvalue weighted by Crippen LogP contribution is -2.43. The summed E-state index contributed by atoms with van der Waals surface area (Å²) in [5.41, 5.74) is -2.37. The maximum Gasteiger partial charge on any atom is 0.431 e. The molecule has 0 bridgehead atoms. The minimum absolute atomic E-state index is 0.143. The number of halogens is 4. The van der Waals surface area contributed by atoms with E-state index in [1.165, 1.54) is 24.3 Å². The average Bonchev–Trinajstić information content (AvgIpc) is 2.94. The zero-order chi connectivity index (χ0) is 19.1. The largest absolute Gasteiger partial charge is 0.431 e. The summed E-state index contributed by atoms with van der Waals surface area (Å²) in [6.45, 7) is 1.76. The third-order valence-corrected chi connectivity index (χ3v) is 4.60. The van der Waals surface area contributed by atoms with Crippen LogP contribution in [0.4, 0.5) is 13.2 Å². The van der Waals surface area contributed by atoms with Crippen LogP contribution >= 0.6 is 15.9 Å². The Morgan fingerprint density at radius 1 is 1.23 bits per heavy atom. The van der Waals surface area contributed by atoms with Crippen LogP contribution in [0.25, 0.3) is 0 Å². The van der Waals surface area contributed by atoms with Gasteiger partial charge in [-0.25, -0.2) is 0 Å². The van der Waals surface area contributed by atoms with Gasteiger partial charge in [0.05, 0.1) is 6.42 Å². The van der Waals surface area contributed by atoms with Gasteiger partial charge in [0.25, 0.3) is 5.91 Å². The standard InChI is InChI=1S/C18H14BrF3N2O2/c1-11-3-2-4-12(9-11)16(25)24-17(26,10-15(23-24)18(20,21)22)13-5-7-14(19)8-6-13/h2-9,26H,10H2,1H3/t17-/m1/s1. The van der Waals surface area contributed by atoms with Crippen molar-refractivity contribution in [2.45, 2.75) is 25.2 Å². The van der Waals surface area contributed by atoms with Crippen molar-refractivity contribution < 1.29 is 23.1 Å². The van der Waals surface area contributed by atoms with E-state index < -0.39 is 29.9 Å². The lowest BCUT2D eigenvalue weighted by Gasteiger charge is -2.31. The summed E-state index contributed by atoms with van der Waals surface area (Å²) < 4.78 is 40.3. The number of carbonyl (C=O) groups excluding carboxylic acids is 1. The molecule has 3 rings (SSSR count). The molecule has 0 aliphatic carbocycles. The zero-order valence-electron chi connectivity index (χ0n) is 13.6. The molecule has 0 saturated carbocycles. The highest BCUT2D eigenvalue weighted by Crippen LogP contribution is 2.40. The molecule has 0 aromatic heterocycles. The summed E-state index contributed by atoms with van der Waals surface area (Å²) in [4.78, 5) is 12.8. The van der Waals surface area contributed by atoms with Crippen LogP contribution in [-0.4, -0.2) is 27.9 Å². The molecule has 0 saturated heterocycles. The van der Waals surface area contributed by atoms with Crippen molar-refractivity contribution in [3.05, 3.63) is 69.7 Å². The average molecular weight is 427 g/mol. The Bertz CT molecular complexity index is 881. The van der Waals surface area contributed by atoms with Crippen molar-refractivity contribution >= 4 is 27.5 Å². The van der Waals surface area contributed by atoms with Crippen LogP contribution in [0.15, 0.2) is 58.1 Å². The van der Waals surface area contributed by atoms with E-state index in [-0.39, 0.29) is 11.1 Å². The highest BCUT2D eigenvalue weighted by atomic mass is 79.9. The van der Waals surface area contributed by atoms with Gasteiger partial charge in [-0.15, -0.1) is 0 Å². The minimum Gasteiger partial charge on any atom is -0.365 e. The van der Waals surface area contributed by atoms with Crippen LogP contribution in [0.3, 0.4) is 0 Å². The second-order valence-electron chi connectivity index (χ2n) is 6.03. The Hall–Kier alpha value is -2.19. The molecule has 1 amide bonds. The van der Waals surface area contributed by atoms with Gasteiger partial charge in [0.2, 0.25) is 0 Å². The maximum atomic E-state index is 13.2. The van der Waals surface area contributed by atoms with Gasteiger partial charge in [-0.2, -0.15) is 23.3 Å². The van der Waals surface area contributed by atoms with Gasteiger partial charge in [-0.1, -0.05) is 45.8 Å². The summed E-state index contributed by atoms with van der Waals surface area (Å²) >= 11 is 3.23. The van der Waals surface area contributed by atoms with Crippen molar-refractivity contribution in [3.63, 3.8) is 0 Å². The van der Waals surface area contributed by atoms with Gasteiger partial charge in [0, 0.05) is 15.6 Å². The first-order chi connectivity index (χ1) is 12.1. The van der Waals surface area contributed by atoms with Gasteiger partial charge in [-0.05, 0) is 31.2 Å². The number of hydrogen-bond acceptors (Lipinski definition) is 3. The number of aliphatic hydroxyl groups is 1. The molecule has 1 heterocycles. The predicted molar refractivity (Wildman–Crippen MR) is 93.5 cm³/mol. The first kappa shape index (κ1) is 18.6.